The Balaban J connectivity index is 0.539. The van der Waals surface area contributed by atoms with Crippen LogP contribution < -0.4 is 0 Å². The van der Waals surface area contributed by atoms with Gasteiger partial charge < -0.3 is 52.8 Å². The van der Waals surface area contributed by atoms with Crippen LogP contribution in [0.15, 0.2) is 194 Å². The fourth-order valence-corrected chi connectivity index (χ4v) is 11.2. The zero-order valence-corrected chi connectivity index (χ0v) is 52.7. The number of benzene rings is 8. The Kier molecular flexibility index (Phi) is 24.4. The van der Waals surface area contributed by atoms with E-state index >= 15 is 0 Å². The minimum Gasteiger partial charge on any atom is -0.505 e. The summed E-state index contributed by atoms with van der Waals surface area (Å²) in [5.74, 6) is -0.638. The number of aryl methyl sites for hydroxylation is 2. The van der Waals surface area contributed by atoms with Crippen molar-refractivity contribution in [3.05, 3.63) is 239 Å². The lowest BCUT2D eigenvalue weighted by Crippen LogP contribution is -2.26. The first-order valence-corrected chi connectivity index (χ1v) is 31.5. The van der Waals surface area contributed by atoms with Crippen LogP contribution in [0.2, 0.25) is 0 Å². The summed E-state index contributed by atoms with van der Waals surface area (Å²) in [5, 5.41) is 43.0. The van der Waals surface area contributed by atoms with Crippen LogP contribution in [0.25, 0.3) is 33.4 Å². The number of phenols is 2. The van der Waals surface area contributed by atoms with Gasteiger partial charge in [0.05, 0.1) is 92.5 Å². The highest BCUT2D eigenvalue weighted by atomic mass is 16.6. The van der Waals surface area contributed by atoms with E-state index in [1.807, 2.05) is 146 Å². The number of phenolic OH excluding ortho intramolecular Hbond substituents is 2. The van der Waals surface area contributed by atoms with Crippen molar-refractivity contribution in [2.24, 2.45) is 0 Å². The highest BCUT2D eigenvalue weighted by molar-refractivity contribution is 5.76. The van der Waals surface area contributed by atoms with Crippen molar-refractivity contribution < 1.29 is 62.4 Å². The number of rotatable bonds is 38. The number of carbonyl (C=O) groups excluding carboxylic acids is 2. The fraction of sp³-hybridized carbons (Fsp3) is 0.324. The maximum absolute atomic E-state index is 13.0. The quantitative estimate of drug-likeness (QED) is 0.0209. The van der Waals surface area contributed by atoms with Gasteiger partial charge >= 0.3 is 11.9 Å². The molecule has 2 heterocycles. The molecule has 2 N–H and O–H groups in total. The summed E-state index contributed by atoms with van der Waals surface area (Å²) in [6.45, 7) is 9.51. The van der Waals surface area contributed by atoms with Crippen LogP contribution >= 0.6 is 0 Å². The summed E-state index contributed by atoms with van der Waals surface area (Å²) in [6.07, 6.45) is 0.942. The molecule has 2 aromatic heterocycles. The molecule has 0 unspecified atom stereocenters. The third-order valence-corrected chi connectivity index (χ3v) is 16.2. The van der Waals surface area contributed by atoms with Gasteiger partial charge in [-0.1, -0.05) is 158 Å². The van der Waals surface area contributed by atoms with Crippen LogP contribution in [0.1, 0.15) is 71.2 Å². The van der Waals surface area contributed by atoms with Crippen LogP contribution in [0.5, 0.6) is 11.5 Å². The minimum absolute atomic E-state index is 0.0470. The van der Waals surface area contributed by atoms with Crippen molar-refractivity contribution in [1.82, 2.24) is 30.0 Å². The second-order valence-corrected chi connectivity index (χ2v) is 22.4. The van der Waals surface area contributed by atoms with E-state index in [9.17, 15) is 19.8 Å². The van der Waals surface area contributed by atoms with E-state index in [1.165, 1.54) is 9.59 Å². The van der Waals surface area contributed by atoms with Crippen LogP contribution in [-0.4, -0.2) is 158 Å². The number of nitrogens with zero attached hydrogens (tertiary/aromatic N) is 6. The summed E-state index contributed by atoms with van der Waals surface area (Å²) in [7, 11) is 0. The molecule has 0 aliphatic rings. The lowest BCUT2D eigenvalue weighted by Gasteiger charge is -2.33. The number of fused-ring (bicyclic) bond motifs is 2. The zero-order valence-electron chi connectivity index (χ0n) is 52.7. The highest BCUT2D eigenvalue weighted by Crippen LogP contribution is 2.47. The monoisotopic (exact) mass is 1260 g/mol. The standard InChI is InChI=1S/C74H80N6O13/c1-73(57-19-7-3-8-20-57,58-21-9-4-10-22-58)61-51-55(53-67(71(61)83)79-75-63-27-15-16-28-64(63)76-79)31-33-69(81)92-49-47-90-45-43-88-41-39-86-37-35-85-36-38-87-40-42-89-44-46-91-48-50-93-70(82)34-32-56-52-62(72(84)68(54-56)80-77-65-29-17-18-30-66(65)78-80)74(2,59-23-11-5-12-24-59)60-25-13-6-14-26-60/h3-30,51-54,83-84H,31-50H2,1-2H3. The van der Waals surface area contributed by atoms with Crippen LogP contribution in [0.3, 0.4) is 0 Å². The molecule has 0 radical (unpaired) electrons. The van der Waals surface area contributed by atoms with Crippen molar-refractivity contribution in [2.75, 3.05) is 106 Å². The molecule has 19 nitrogen and oxygen atoms in total. The van der Waals surface area contributed by atoms with Gasteiger partial charge in [-0.25, -0.2) is 0 Å². The summed E-state index contributed by atoms with van der Waals surface area (Å²) in [5.41, 5.74) is 8.97. The van der Waals surface area contributed by atoms with E-state index in [-0.39, 0.29) is 62.7 Å². The Labute approximate surface area is 541 Å². The van der Waals surface area contributed by atoms with E-state index in [0.717, 1.165) is 33.4 Å². The first-order chi connectivity index (χ1) is 45.6. The van der Waals surface area contributed by atoms with Gasteiger partial charge in [0.1, 0.15) is 58.2 Å². The third-order valence-electron chi connectivity index (χ3n) is 16.2. The summed E-state index contributed by atoms with van der Waals surface area (Å²) >= 11 is 0. The molecule has 484 valence electrons. The molecule has 0 atom stereocenters. The van der Waals surface area contributed by atoms with Crippen molar-refractivity contribution in [1.29, 1.82) is 0 Å². The van der Waals surface area contributed by atoms with Gasteiger partial charge in [-0.3, -0.25) is 9.59 Å². The number of hydrogen-bond acceptors (Lipinski definition) is 17. The average Bonchev–Trinajstić information content (AvgIpc) is 1.25. The Bertz CT molecular complexity index is 3550. The van der Waals surface area contributed by atoms with Crippen LogP contribution in [0, 0.1) is 0 Å². The average molecular weight is 1260 g/mol. The van der Waals surface area contributed by atoms with Gasteiger partial charge in [-0.05, 0) is 96.5 Å². The molecule has 8 aromatic carbocycles. The molecule has 0 amide bonds. The van der Waals surface area contributed by atoms with Crippen LogP contribution in [0.4, 0.5) is 0 Å². The minimum atomic E-state index is -0.769. The molecule has 0 bridgehead atoms. The molecule has 0 aliphatic carbocycles. The predicted molar refractivity (Wildman–Crippen MR) is 352 cm³/mol. The van der Waals surface area contributed by atoms with E-state index < -0.39 is 10.8 Å². The van der Waals surface area contributed by atoms with E-state index in [2.05, 4.69) is 62.4 Å². The molecule has 19 heteroatoms. The summed E-state index contributed by atoms with van der Waals surface area (Å²) in [6, 6.07) is 62.9. The van der Waals surface area contributed by atoms with E-state index in [0.29, 0.717) is 137 Å². The van der Waals surface area contributed by atoms with Crippen molar-refractivity contribution >= 4 is 34.0 Å². The molecule has 0 fully saturated rings. The SMILES string of the molecule is CC(c1ccccc1)(c1ccccc1)c1cc(CCC(=O)OCCOCCOCCOCCOCCOCCOCCOCCOC(=O)CCc2cc(-n3nc4ccccc4n3)c(O)c(C(C)(c3ccccc3)c3ccccc3)c2)cc(-n2nc3ccccc3n2)c1O. The predicted octanol–water partition coefficient (Wildman–Crippen LogP) is 11.0. The largest absolute Gasteiger partial charge is 0.505 e. The smallest absolute Gasteiger partial charge is 0.306 e. The highest BCUT2D eigenvalue weighted by Gasteiger charge is 2.37. The van der Waals surface area contributed by atoms with E-state index in [4.69, 9.17) is 63.0 Å². The molecule has 0 saturated heterocycles. The summed E-state index contributed by atoms with van der Waals surface area (Å²) in [4.78, 5) is 29.0. The zero-order chi connectivity index (χ0) is 64.5. The maximum Gasteiger partial charge on any atom is 0.306 e. The normalized spacial score (nSPS) is 11.8. The number of hydrogen-bond donors (Lipinski definition) is 2. The molecule has 0 spiro atoms. The number of ether oxygens (including phenoxy) is 9. The van der Waals surface area contributed by atoms with Gasteiger partial charge in [-0.2, -0.15) is 0 Å². The first kappa shape index (κ1) is 66.7. The number of carbonyl (C=O) groups is 2. The molecule has 0 aliphatic heterocycles. The molecule has 93 heavy (non-hydrogen) atoms. The van der Waals surface area contributed by atoms with E-state index in [1.54, 1.807) is 0 Å². The van der Waals surface area contributed by atoms with Gasteiger partial charge in [0, 0.05) is 34.8 Å². The second kappa shape index (κ2) is 33.9. The Morgan fingerprint density at radius 1 is 0.344 bits per heavy atom. The molecular formula is C74H80N6O13. The van der Waals surface area contributed by atoms with Gasteiger partial charge in [0.25, 0.3) is 0 Å². The number of aromatic nitrogens is 6. The lowest BCUT2D eigenvalue weighted by molar-refractivity contribution is -0.146. The Hall–Kier alpha value is -9.18. The Morgan fingerprint density at radius 3 is 0.839 bits per heavy atom. The molecule has 0 saturated carbocycles. The van der Waals surface area contributed by atoms with Gasteiger partial charge in [0.2, 0.25) is 0 Å². The van der Waals surface area contributed by atoms with Gasteiger partial charge in [0.15, 0.2) is 0 Å². The first-order valence-electron chi connectivity index (χ1n) is 31.5. The molecule has 10 rings (SSSR count). The van der Waals surface area contributed by atoms with Crippen molar-refractivity contribution in [3.63, 3.8) is 0 Å². The van der Waals surface area contributed by atoms with Crippen LogP contribution in [-0.2, 0) is 75.9 Å². The van der Waals surface area contributed by atoms with Crippen molar-refractivity contribution in [2.45, 2.75) is 50.4 Å². The number of aromatic hydroxyl groups is 2. The molecule has 10 aromatic rings. The second-order valence-electron chi connectivity index (χ2n) is 22.4. The van der Waals surface area contributed by atoms with Crippen molar-refractivity contribution in [3.8, 4) is 22.9 Å². The molecular weight excluding hydrogens is 1180 g/mol. The maximum atomic E-state index is 13.0. The Morgan fingerprint density at radius 2 is 0.581 bits per heavy atom. The number of esters is 2. The topological polar surface area (TPSA) is 219 Å². The summed E-state index contributed by atoms with van der Waals surface area (Å²) < 4.78 is 50.4. The fourth-order valence-electron chi connectivity index (χ4n) is 11.2. The third kappa shape index (κ3) is 17.7. The lowest BCUT2D eigenvalue weighted by atomic mass is 9.70. The van der Waals surface area contributed by atoms with Gasteiger partial charge in [-0.15, -0.1) is 30.0 Å².